The molecule has 112 valence electrons. The van der Waals surface area contributed by atoms with Crippen LogP contribution in [0.1, 0.15) is 39.5 Å². The Labute approximate surface area is 120 Å². The maximum atomic E-state index is 11.5. The molecule has 4 heteroatoms. The van der Waals surface area contributed by atoms with Crippen LogP contribution in [-0.2, 0) is 14.3 Å². The number of allylic oxidation sites excluding steroid dienone is 5. The third kappa shape index (κ3) is 12.8. The van der Waals surface area contributed by atoms with Crippen molar-refractivity contribution in [2.45, 2.75) is 45.6 Å². The fourth-order valence-corrected chi connectivity index (χ4v) is 1.40. The molecule has 0 bridgehead atoms. The molecule has 1 N–H and O–H groups in total. The molecule has 0 fully saturated rings. The topological polar surface area (TPSA) is 63.6 Å². The lowest BCUT2D eigenvalue weighted by atomic mass is 10.1. The van der Waals surface area contributed by atoms with Crippen molar-refractivity contribution in [2.24, 2.45) is 0 Å². The zero-order valence-electron chi connectivity index (χ0n) is 12.2. The van der Waals surface area contributed by atoms with Gasteiger partial charge in [-0.3, -0.25) is 9.59 Å². The van der Waals surface area contributed by atoms with E-state index in [-0.39, 0.29) is 11.8 Å². The number of carbonyl (C=O) groups is 2. The van der Waals surface area contributed by atoms with Crippen LogP contribution in [0.15, 0.2) is 36.5 Å². The molecule has 4 nitrogen and oxygen atoms in total. The van der Waals surface area contributed by atoms with Crippen LogP contribution >= 0.6 is 0 Å². The predicted molar refractivity (Wildman–Crippen MR) is 79.2 cm³/mol. The van der Waals surface area contributed by atoms with Gasteiger partial charge in [0.15, 0.2) is 5.78 Å². The summed E-state index contributed by atoms with van der Waals surface area (Å²) in [5.74, 6) is -0.165. The van der Waals surface area contributed by atoms with E-state index in [9.17, 15) is 9.59 Å². The minimum atomic E-state index is -0.468. The molecule has 1 unspecified atom stereocenters. The van der Waals surface area contributed by atoms with E-state index < -0.39 is 6.10 Å². The Morgan fingerprint density at radius 2 is 1.75 bits per heavy atom. The minimum Gasteiger partial charge on any atom is -0.466 e. The summed E-state index contributed by atoms with van der Waals surface area (Å²) < 4.78 is 4.80. The van der Waals surface area contributed by atoms with Crippen LogP contribution in [0.2, 0.25) is 0 Å². The number of ketones is 1. The molecule has 0 saturated carbocycles. The lowest BCUT2D eigenvalue weighted by molar-refractivity contribution is -0.143. The van der Waals surface area contributed by atoms with Gasteiger partial charge in [0.1, 0.15) is 0 Å². The Bertz CT molecular complexity index is 365. The standard InChI is InChI=1S/C16H24O4/c1-3-20-16(19)13-9-8-12-15(18)11-7-5-4-6-10-14(2)17/h4-7,10-11,14,17H,3,8-9,12-13H2,1-2H3. The molecule has 0 aliphatic heterocycles. The summed E-state index contributed by atoms with van der Waals surface area (Å²) in [5.41, 5.74) is 0. The van der Waals surface area contributed by atoms with Gasteiger partial charge in [0.2, 0.25) is 0 Å². The molecule has 0 rings (SSSR count). The zero-order chi connectivity index (χ0) is 15.2. The number of esters is 1. The highest BCUT2D eigenvalue weighted by atomic mass is 16.5. The number of ether oxygens (including phenoxy) is 1. The van der Waals surface area contributed by atoms with Crippen molar-refractivity contribution in [3.8, 4) is 0 Å². The van der Waals surface area contributed by atoms with Crippen molar-refractivity contribution >= 4 is 11.8 Å². The van der Waals surface area contributed by atoms with E-state index in [4.69, 9.17) is 9.84 Å². The van der Waals surface area contributed by atoms with Crippen LogP contribution < -0.4 is 0 Å². The Morgan fingerprint density at radius 3 is 2.40 bits per heavy atom. The van der Waals surface area contributed by atoms with E-state index in [2.05, 4.69) is 0 Å². The van der Waals surface area contributed by atoms with Crippen LogP contribution in [0.4, 0.5) is 0 Å². The molecule has 0 aliphatic carbocycles. The maximum Gasteiger partial charge on any atom is 0.305 e. The van der Waals surface area contributed by atoms with E-state index in [1.807, 2.05) is 0 Å². The number of rotatable bonds is 10. The van der Waals surface area contributed by atoms with Gasteiger partial charge in [0.25, 0.3) is 0 Å². The molecule has 0 aromatic rings. The summed E-state index contributed by atoms with van der Waals surface area (Å²) in [7, 11) is 0. The SMILES string of the molecule is CCOC(=O)CCCCC(=O)C=CC=CC=CC(C)O. The summed E-state index contributed by atoms with van der Waals surface area (Å²) in [6.07, 6.45) is 11.7. The van der Waals surface area contributed by atoms with E-state index in [1.54, 1.807) is 44.2 Å². The summed E-state index contributed by atoms with van der Waals surface area (Å²) >= 11 is 0. The van der Waals surface area contributed by atoms with Gasteiger partial charge in [-0.15, -0.1) is 0 Å². The molecule has 0 aromatic carbocycles. The largest absolute Gasteiger partial charge is 0.466 e. The van der Waals surface area contributed by atoms with Crippen molar-refractivity contribution in [2.75, 3.05) is 6.61 Å². The van der Waals surface area contributed by atoms with Gasteiger partial charge < -0.3 is 9.84 Å². The molecule has 0 amide bonds. The smallest absolute Gasteiger partial charge is 0.305 e. The van der Waals surface area contributed by atoms with Gasteiger partial charge in [0, 0.05) is 12.8 Å². The lowest BCUT2D eigenvalue weighted by Gasteiger charge is -2.00. The molecule has 1 atom stereocenters. The van der Waals surface area contributed by atoms with E-state index >= 15 is 0 Å². The fraction of sp³-hybridized carbons (Fsp3) is 0.500. The Balaban J connectivity index is 3.70. The first-order valence-corrected chi connectivity index (χ1v) is 6.94. The molecule has 0 spiro atoms. The molecule has 20 heavy (non-hydrogen) atoms. The number of hydrogen-bond acceptors (Lipinski definition) is 4. The number of carbonyl (C=O) groups excluding carboxylic acids is 2. The normalized spacial score (nSPS) is 13.3. The predicted octanol–water partition coefficient (Wildman–Crippen LogP) is 2.73. The number of aliphatic hydroxyl groups is 1. The van der Waals surface area contributed by atoms with E-state index in [1.165, 1.54) is 6.08 Å². The van der Waals surface area contributed by atoms with Gasteiger partial charge in [-0.05, 0) is 32.8 Å². The molecule has 0 aromatic heterocycles. The third-order valence-electron chi connectivity index (χ3n) is 2.36. The molecule has 0 aliphatic rings. The number of unbranched alkanes of at least 4 members (excludes halogenated alkanes) is 1. The summed E-state index contributed by atoms with van der Waals surface area (Å²) in [5, 5.41) is 8.96. The first-order valence-electron chi connectivity index (χ1n) is 6.94. The molecule has 0 heterocycles. The van der Waals surface area contributed by atoms with Crippen molar-refractivity contribution < 1.29 is 19.4 Å². The second-order valence-electron chi connectivity index (χ2n) is 4.35. The number of aliphatic hydroxyl groups excluding tert-OH is 1. The van der Waals surface area contributed by atoms with Gasteiger partial charge in [-0.2, -0.15) is 0 Å². The Morgan fingerprint density at radius 1 is 1.10 bits per heavy atom. The van der Waals surface area contributed by atoms with Crippen LogP contribution in [0.5, 0.6) is 0 Å². The monoisotopic (exact) mass is 280 g/mol. The first kappa shape index (κ1) is 18.3. The first-order chi connectivity index (χ1) is 9.56. The van der Waals surface area contributed by atoms with Gasteiger partial charge in [0.05, 0.1) is 12.7 Å². The summed E-state index contributed by atoms with van der Waals surface area (Å²) in [6, 6.07) is 0. The van der Waals surface area contributed by atoms with Crippen LogP contribution in [0.3, 0.4) is 0 Å². The van der Waals surface area contributed by atoms with Gasteiger partial charge in [-0.25, -0.2) is 0 Å². The Hall–Kier alpha value is -1.68. The molecule has 0 radical (unpaired) electrons. The van der Waals surface area contributed by atoms with Crippen molar-refractivity contribution in [1.82, 2.24) is 0 Å². The van der Waals surface area contributed by atoms with Crippen molar-refractivity contribution in [1.29, 1.82) is 0 Å². The quantitative estimate of drug-likeness (QED) is 0.289. The average Bonchev–Trinajstić information content (AvgIpc) is 2.39. The van der Waals surface area contributed by atoms with Crippen LogP contribution in [0, 0.1) is 0 Å². The molecular weight excluding hydrogens is 256 g/mol. The van der Waals surface area contributed by atoms with Crippen LogP contribution in [-0.4, -0.2) is 29.6 Å². The summed E-state index contributed by atoms with van der Waals surface area (Å²) in [6.45, 7) is 3.84. The zero-order valence-corrected chi connectivity index (χ0v) is 12.2. The molecular formula is C16H24O4. The second-order valence-corrected chi connectivity index (χ2v) is 4.35. The highest BCUT2D eigenvalue weighted by molar-refractivity contribution is 5.89. The van der Waals surface area contributed by atoms with Gasteiger partial charge in [-0.1, -0.05) is 30.4 Å². The average molecular weight is 280 g/mol. The van der Waals surface area contributed by atoms with E-state index in [0.29, 0.717) is 32.3 Å². The minimum absolute atomic E-state index is 0.0398. The highest BCUT2D eigenvalue weighted by Gasteiger charge is 2.02. The van der Waals surface area contributed by atoms with Crippen LogP contribution in [0.25, 0.3) is 0 Å². The second kappa shape index (κ2) is 12.4. The highest BCUT2D eigenvalue weighted by Crippen LogP contribution is 2.02. The summed E-state index contributed by atoms with van der Waals surface area (Å²) in [4.78, 5) is 22.5. The van der Waals surface area contributed by atoms with Crippen molar-refractivity contribution in [3.63, 3.8) is 0 Å². The van der Waals surface area contributed by atoms with E-state index in [0.717, 1.165) is 0 Å². The lowest BCUT2D eigenvalue weighted by Crippen LogP contribution is -2.03. The maximum absolute atomic E-state index is 11.5. The third-order valence-corrected chi connectivity index (χ3v) is 2.36. The Kier molecular flexibility index (Phi) is 11.3. The molecule has 0 saturated heterocycles. The van der Waals surface area contributed by atoms with Gasteiger partial charge >= 0.3 is 5.97 Å². The number of hydrogen-bond donors (Lipinski definition) is 1. The van der Waals surface area contributed by atoms with Crippen molar-refractivity contribution in [3.05, 3.63) is 36.5 Å². The fourth-order valence-electron chi connectivity index (χ4n) is 1.40.